The third-order valence-electron chi connectivity index (χ3n) is 8.58. The summed E-state index contributed by atoms with van der Waals surface area (Å²) in [6, 6.07) is 9.12. The van der Waals surface area contributed by atoms with E-state index in [0.29, 0.717) is 31.3 Å². The number of amides is 1. The van der Waals surface area contributed by atoms with E-state index in [1.165, 1.54) is 36.1 Å². The molecule has 1 N–H and O–H groups in total. The van der Waals surface area contributed by atoms with Gasteiger partial charge in [-0.3, -0.25) is 4.79 Å². The first-order valence-corrected chi connectivity index (χ1v) is 11.8. The molecule has 0 unspecified atom stereocenters. The molecule has 0 spiro atoms. The molecule has 1 aromatic rings. The molecule has 4 saturated carbocycles. The summed E-state index contributed by atoms with van der Waals surface area (Å²) in [5, 5.41) is 9.65. The minimum atomic E-state index is -0.315. The second kappa shape index (κ2) is 6.52. The average molecular weight is 386 g/mol. The molecule has 5 fully saturated rings. The molecule has 146 valence electrons. The van der Waals surface area contributed by atoms with E-state index < -0.39 is 0 Å². The zero-order valence-corrected chi connectivity index (χ0v) is 17.3. The molecule has 0 atom stereocenters. The normalized spacial score (nSPS) is 40.3. The standard InChI is InChI=1S/C23H31NO2S/c1-14-15-7-18-9-16(14)10-19(8-15)23(18,11-22(26)24-12-20(25)13-24)17-3-5-21(27-2)6-4-17/h3-6,14-16,18-20,25H,7-13H2,1-2H3. The van der Waals surface area contributed by atoms with Crippen molar-refractivity contribution in [3.05, 3.63) is 29.8 Å². The van der Waals surface area contributed by atoms with Gasteiger partial charge in [0.2, 0.25) is 5.91 Å². The minimum absolute atomic E-state index is 0.0156. The fourth-order valence-electron chi connectivity index (χ4n) is 7.05. The van der Waals surface area contributed by atoms with Gasteiger partial charge < -0.3 is 10.0 Å². The molecule has 4 bridgehead atoms. The number of carbonyl (C=O) groups is 1. The van der Waals surface area contributed by atoms with Crippen LogP contribution in [0.5, 0.6) is 0 Å². The Morgan fingerprint density at radius 2 is 1.67 bits per heavy atom. The number of nitrogens with zero attached hydrogens (tertiary/aromatic N) is 1. The first-order valence-electron chi connectivity index (χ1n) is 10.6. The molecule has 0 aromatic heterocycles. The van der Waals surface area contributed by atoms with Gasteiger partial charge in [0.1, 0.15) is 0 Å². The van der Waals surface area contributed by atoms with Gasteiger partial charge in [-0.15, -0.1) is 11.8 Å². The fourth-order valence-corrected chi connectivity index (χ4v) is 7.46. The number of benzene rings is 1. The molecule has 4 heteroatoms. The van der Waals surface area contributed by atoms with Crippen molar-refractivity contribution in [1.29, 1.82) is 0 Å². The van der Waals surface area contributed by atoms with E-state index in [0.717, 1.165) is 17.8 Å². The molecule has 1 aromatic carbocycles. The summed E-state index contributed by atoms with van der Waals surface area (Å²) in [6.07, 6.45) is 7.64. The van der Waals surface area contributed by atoms with Gasteiger partial charge in [0, 0.05) is 29.8 Å². The smallest absolute Gasteiger partial charge is 0.223 e. The van der Waals surface area contributed by atoms with Crippen molar-refractivity contribution in [3.8, 4) is 0 Å². The molecule has 1 heterocycles. The first-order chi connectivity index (χ1) is 13.0. The molecule has 0 radical (unpaired) electrons. The van der Waals surface area contributed by atoms with Crippen LogP contribution >= 0.6 is 11.8 Å². The van der Waals surface area contributed by atoms with Crippen molar-refractivity contribution in [2.45, 2.75) is 55.4 Å². The largest absolute Gasteiger partial charge is 0.389 e. The first kappa shape index (κ1) is 18.1. The van der Waals surface area contributed by atoms with Crippen LogP contribution in [-0.2, 0) is 10.2 Å². The van der Waals surface area contributed by atoms with Crippen molar-refractivity contribution in [3.63, 3.8) is 0 Å². The van der Waals surface area contributed by atoms with E-state index in [2.05, 4.69) is 37.4 Å². The molecule has 1 amide bonds. The maximum Gasteiger partial charge on any atom is 0.223 e. The molecule has 4 aliphatic carbocycles. The van der Waals surface area contributed by atoms with Crippen LogP contribution in [0.1, 0.15) is 44.6 Å². The Bertz CT molecular complexity index is 694. The van der Waals surface area contributed by atoms with Gasteiger partial charge in [-0.1, -0.05) is 19.1 Å². The van der Waals surface area contributed by atoms with Crippen LogP contribution in [0.15, 0.2) is 29.2 Å². The van der Waals surface area contributed by atoms with E-state index in [9.17, 15) is 9.90 Å². The summed E-state index contributed by atoms with van der Waals surface area (Å²) in [6.45, 7) is 3.52. The van der Waals surface area contributed by atoms with Crippen LogP contribution in [0.3, 0.4) is 0 Å². The Morgan fingerprint density at radius 3 is 2.15 bits per heavy atom. The Kier molecular flexibility index (Phi) is 4.36. The zero-order chi connectivity index (χ0) is 18.8. The molecule has 6 rings (SSSR count). The van der Waals surface area contributed by atoms with E-state index >= 15 is 0 Å². The van der Waals surface area contributed by atoms with Crippen LogP contribution in [-0.4, -0.2) is 41.4 Å². The number of hydrogen-bond donors (Lipinski definition) is 1. The number of thioether (sulfide) groups is 1. The Labute approximate surface area is 166 Å². The summed E-state index contributed by atoms with van der Waals surface area (Å²) in [5.41, 5.74) is 1.41. The fraction of sp³-hybridized carbons (Fsp3) is 0.696. The maximum absolute atomic E-state index is 13.1. The highest BCUT2D eigenvalue weighted by atomic mass is 32.2. The Morgan fingerprint density at radius 1 is 1.11 bits per heavy atom. The van der Waals surface area contributed by atoms with Gasteiger partial charge in [-0.25, -0.2) is 0 Å². The van der Waals surface area contributed by atoms with E-state index in [1.54, 1.807) is 11.8 Å². The highest BCUT2D eigenvalue weighted by molar-refractivity contribution is 7.98. The zero-order valence-electron chi connectivity index (χ0n) is 16.4. The van der Waals surface area contributed by atoms with Crippen LogP contribution in [0.2, 0.25) is 0 Å². The molecule has 5 aliphatic rings. The van der Waals surface area contributed by atoms with E-state index in [1.807, 2.05) is 4.90 Å². The van der Waals surface area contributed by atoms with Crippen LogP contribution in [0.4, 0.5) is 0 Å². The highest BCUT2D eigenvalue weighted by Gasteiger charge is 2.60. The molecule has 3 nitrogen and oxygen atoms in total. The van der Waals surface area contributed by atoms with Crippen molar-refractivity contribution in [2.75, 3.05) is 19.3 Å². The number of rotatable bonds is 4. The van der Waals surface area contributed by atoms with Crippen molar-refractivity contribution >= 4 is 17.7 Å². The van der Waals surface area contributed by atoms with Crippen LogP contribution < -0.4 is 0 Å². The Hall–Kier alpha value is -1.00. The third kappa shape index (κ3) is 2.70. The summed E-state index contributed by atoms with van der Waals surface area (Å²) in [5.74, 6) is 4.15. The second-order valence-electron chi connectivity index (χ2n) is 9.61. The van der Waals surface area contributed by atoms with Gasteiger partial charge >= 0.3 is 0 Å². The molecule has 27 heavy (non-hydrogen) atoms. The lowest BCUT2D eigenvalue weighted by molar-refractivity contribution is -0.151. The van der Waals surface area contributed by atoms with E-state index in [-0.39, 0.29) is 17.4 Å². The van der Waals surface area contributed by atoms with Gasteiger partial charge in [-0.2, -0.15) is 0 Å². The summed E-state index contributed by atoms with van der Waals surface area (Å²) in [4.78, 5) is 16.3. The number of hydrogen-bond acceptors (Lipinski definition) is 3. The molecular formula is C23H31NO2S. The average Bonchev–Trinajstić information content (AvgIpc) is 2.64. The topological polar surface area (TPSA) is 40.5 Å². The summed E-state index contributed by atoms with van der Waals surface area (Å²) in [7, 11) is 0. The minimum Gasteiger partial charge on any atom is -0.389 e. The van der Waals surface area contributed by atoms with E-state index in [4.69, 9.17) is 0 Å². The number of aliphatic hydroxyl groups excluding tert-OH is 1. The second-order valence-corrected chi connectivity index (χ2v) is 10.5. The van der Waals surface area contributed by atoms with Gasteiger partial charge in [0.05, 0.1) is 6.10 Å². The number of β-amino-alcohol motifs (C(OH)–C–C–N with tert-alkyl or cyclic N) is 1. The van der Waals surface area contributed by atoms with Gasteiger partial charge in [0.15, 0.2) is 0 Å². The maximum atomic E-state index is 13.1. The summed E-state index contributed by atoms with van der Waals surface area (Å²) < 4.78 is 0. The lowest BCUT2D eigenvalue weighted by atomic mass is 9.41. The molecule has 1 saturated heterocycles. The van der Waals surface area contributed by atoms with Gasteiger partial charge in [0.25, 0.3) is 0 Å². The number of aliphatic hydroxyl groups is 1. The highest BCUT2D eigenvalue weighted by Crippen LogP contribution is 2.65. The van der Waals surface area contributed by atoms with Crippen molar-refractivity contribution in [2.24, 2.45) is 29.6 Å². The number of likely N-dealkylation sites (tertiary alicyclic amines) is 1. The van der Waals surface area contributed by atoms with Crippen LogP contribution in [0, 0.1) is 29.6 Å². The SMILES string of the molecule is CSc1ccc(C2(CC(=O)N3CC(O)C3)C3CC4CC2CC(C3)C4C)cc1. The van der Waals surface area contributed by atoms with Crippen molar-refractivity contribution < 1.29 is 9.90 Å². The quantitative estimate of drug-likeness (QED) is 0.798. The predicted octanol–water partition coefficient (Wildman–Crippen LogP) is 3.94. The summed E-state index contributed by atoms with van der Waals surface area (Å²) >= 11 is 1.78. The molecule has 1 aliphatic heterocycles. The molecular weight excluding hydrogens is 354 g/mol. The van der Waals surface area contributed by atoms with Crippen molar-refractivity contribution in [1.82, 2.24) is 4.90 Å². The third-order valence-corrected chi connectivity index (χ3v) is 9.32. The Balaban J connectivity index is 1.51. The van der Waals surface area contributed by atoms with Crippen LogP contribution in [0.25, 0.3) is 0 Å². The van der Waals surface area contributed by atoms with Gasteiger partial charge in [-0.05, 0) is 79.2 Å². The number of carbonyl (C=O) groups excluding carboxylic acids is 1. The monoisotopic (exact) mass is 385 g/mol. The lowest BCUT2D eigenvalue weighted by Crippen LogP contribution is -2.61. The predicted molar refractivity (Wildman–Crippen MR) is 109 cm³/mol. The lowest BCUT2D eigenvalue weighted by Gasteiger charge is -2.64.